The Bertz CT molecular complexity index is 598. The van der Waals surface area contributed by atoms with Gasteiger partial charge in [-0.15, -0.1) is 17.8 Å². The van der Waals surface area contributed by atoms with Crippen LogP contribution in [-0.4, -0.2) is 32.5 Å². The molecule has 0 amide bonds. The van der Waals surface area contributed by atoms with Gasteiger partial charge in [0.2, 0.25) is 0 Å². The average Bonchev–Trinajstić information content (AvgIpc) is 2.84. The topological polar surface area (TPSA) is 85.4 Å². The maximum atomic E-state index is 12.2. The molecule has 1 heterocycles. The summed E-state index contributed by atoms with van der Waals surface area (Å²) in [6.45, 7) is 3.59. The van der Waals surface area contributed by atoms with Crippen LogP contribution in [0.5, 0.6) is 0 Å². The zero-order chi connectivity index (χ0) is 14.6. The zero-order valence-corrected chi connectivity index (χ0v) is 12.3. The second-order valence-corrected chi connectivity index (χ2v) is 6.75. The Morgan fingerprint density at radius 2 is 2.21 bits per heavy atom. The van der Waals surface area contributed by atoms with Crippen LogP contribution in [-0.2, 0) is 14.8 Å². The molecule has 0 saturated heterocycles. The molecule has 1 unspecified atom stereocenters. The van der Waals surface area contributed by atoms with E-state index in [4.69, 9.17) is 6.42 Å². The van der Waals surface area contributed by atoms with E-state index in [1.165, 1.54) is 5.51 Å². The number of methoxy groups -OCH3 is 1. The smallest absolute Gasteiger partial charge is 0.358 e. The van der Waals surface area contributed by atoms with Gasteiger partial charge in [-0.2, -0.15) is 4.72 Å². The van der Waals surface area contributed by atoms with Crippen molar-refractivity contribution in [1.82, 2.24) is 9.71 Å². The van der Waals surface area contributed by atoms with E-state index in [-0.39, 0.29) is 15.8 Å². The predicted octanol–water partition coefficient (Wildman–Crippen LogP) is 0.866. The molecule has 1 atom stereocenters. The number of thiazole rings is 1. The first-order valence-corrected chi connectivity index (χ1v) is 7.70. The lowest BCUT2D eigenvalue weighted by atomic mass is 10.1. The number of nitrogens with one attached hydrogen (secondary N) is 1. The quantitative estimate of drug-likeness (QED) is 0.644. The maximum Gasteiger partial charge on any atom is 0.358 e. The van der Waals surface area contributed by atoms with Crippen molar-refractivity contribution < 1.29 is 17.9 Å². The summed E-state index contributed by atoms with van der Waals surface area (Å²) in [5.41, 5.74) is 1.03. The Hall–Kier alpha value is -1.43. The highest BCUT2D eigenvalue weighted by Crippen LogP contribution is 2.21. The third-order valence-electron chi connectivity index (χ3n) is 2.29. The van der Waals surface area contributed by atoms with Gasteiger partial charge >= 0.3 is 5.97 Å². The van der Waals surface area contributed by atoms with Crippen molar-refractivity contribution in [2.24, 2.45) is 5.92 Å². The molecule has 19 heavy (non-hydrogen) atoms. The van der Waals surface area contributed by atoms with Crippen molar-refractivity contribution in [3.8, 4) is 12.3 Å². The Morgan fingerprint density at radius 1 is 1.58 bits per heavy atom. The third kappa shape index (κ3) is 3.53. The van der Waals surface area contributed by atoms with Crippen LogP contribution in [0.15, 0.2) is 9.72 Å². The fourth-order valence-electron chi connectivity index (χ4n) is 1.24. The Kier molecular flexibility index (Phi) is 5.05. The Morgan fingerprint density at radius 3 is 2.68 bits per heavy atom. The molecule has 0 bridgehead atoms. The lowest BCUT2D eigenvalue weighted by molar-refractivity contribution is 0.0590. The number of carbonyl (C=O) groups excluding carboxylic acids is 1. The lowest BCUT2D eigenvalue weighted by Crippen LogP contribution is -2.37. The molecule has 0 aromatic carbocycles. The van der Waals surface area contributed by atoms with Gasteiger partial charge in [-0.1, -0.05) is 19.8 Å². The van der Waals surface area contributed by atoms with Gasteiger partial charge in [0.15, 0.2) is 9.90 Å². The molecule has 8 heteroatoms. The number of sulfonamides is 1. The van der Waals surface area contributed by atoms with Crippen LogP contribution in [0.4, 0.5) is 0 Å². The van der Waals surface area contributed by atoms with Gasteiger partial charge in [-0.25, -0.2) is 18.2 Å². The van der Waals surface area contributed by atoms with Gasteiger partial charge in [0, 0.05) is 0 Å². The highest BCUT2D eigenvalue weighted by Gasteiger charge is 2.29. The van der Waals surface area contributed by atoms with Gasteiger partial charge < -0.3 is 4.74 Å². The van der Waals surface area contributed by atoms with Crippen molar-refractivity contribution in [2.45, 2.75) is 24.1 Å². The van der Waals surface area contributed by atoms with Crippen LogP contribution in [0.1, 0.15) is 24.3 Å². The molecule has 6 nitrogen and oxygen atoms in total. The molecule has 1 rings (SSSR count). The molecule has 104 valence electrons. The zero-order valence-electron chi connectivity index (χ0n) is 10.7. The molecule has 0 aliphatic carbocycles. The molecule has 1 N–H and O–H groups in total. The van der Waals surface area contributed by atoms with Crippen LogP contribution in [0.25, 0.3) is 0 Å². The van der Waals surface area contributed by atoms with Gasteiger partial charge in [-0.05, 0) is 5.92 Å². The number of rotatable bonds is 5. The van der Waals surface area contributed by atoms with E-state index in [0.717, 1.165) is 18.4 Å². The van der Waals surface area contributed by atoms with E-state index >= 15 is 0 Å². The number of esters is 1. The molecular weight excluding hydrogens is 288 g/mol. The summed E-state index contributed by atoms with van der Waals surface area (Å²) in [5, 5.41) is 0. The maximum absolute atomic E-state index is 12.2. The minimum absolute atomic E-state index is 0.0747. The first kappa shape index (κ1) is 15.6. The molecule has 0 aliphatic rings. The molecule has 0 fully saturated rings. The fourth-order valence-corrected chi connectivity index (χ4v) is 3.70. The number of ether oxygens (including phenoxy) is 1. The minimum atomic E-state index is -3.90. The second-order valence-electron chi connectivity index (χ2n) is 3.99. The number of carbonyl (C=O) groups is 1. The van der Waals surface area contributed by atoms with Crippen LogP contribution >= 0.6 is 11.3 Å². The Balaban J connectivity index is 3.12. The number of aromatic nitrogens is 1. The standard InChI is InChI=1S/C11H14N2O4S2/c1-5-8(7(2)3)13-19(15,16)11-9(10(14)17-4)12-6-18-11/h1,6-8,13H,2-4H3. The first-order valence-electron chi connectivity index (χ1n) is 5.33. The second kappa shape index (κ2) is 6.14. The monoisotopic (exact) mass is 302 g/mol. The van der Waals surface area contributed by atoms with Crippen LogP contribution < -0.4 is 4.72 Å². The minimum Gasteiger partial charge on any atom is -0.464 e. The Labute approximate surface area is 116 Å². The fraction of sp³-hybridized carbons (Fsp3) is 0.455. The van der Waals surface area contributed by atoms with Gasteiger partial charge in [0.1, 0.15) is 0 Å². The third-order valence-corrected chi connectivity index (χ3v) is 5.10. The van der Waals surface area contributed by atoms with Crippen molar-refractivity contribution in [2.75, 3.05) is 7.11 Å². The van der Waals surface area contributed by atoms with Gasteiger partial charge in [-0.3, -0.25) is 0 Å². The predicted molar refractivity (Wildman–Crippen MR) is 71.2 cm³/mol. The van der Waals surface area contributed by atoms with Crippen LogP contribution in [0.3, 0.4) is 0 Å². The van der Waals surface area contributed by atoms with Crippen LogP contribution in [0.2, 0.25) is 0 Å². The molecule has 0 aliphatic heterocycles. The number of terminal acetylenes is 1. The summed E-state index contributed by atoms with van der Waals surface area (Å²) in [4.78, 5) is 15.1. The summed E-state index contributed by atoms with van der Waals surface area (Å²) in [5.74, 6) is 1.48. The van der Waals surface area contributed by atoms with Crippen molar-refractivity contribution in [3.05, 3.63) is 11.2 Å². The lowest BCUT2D eigenvalue weighted by Gasteiger charge is -2.16. The molecule has 0 saturated carbocycles. The van der Waals surface area contributed by atoms with Crippen LogP contribution in [0, 0.1) is 18.3 Å². The highest BCUT2D eigenvalue weighted by molar-refractivity contribution is 7.91. The van der Waals surface area contributed by atoms with E-state index in [0.29, 0.717) is 0 Å². The number of hydrogen-bond acceptors (Lipinski definition) is 6. The summed E-state index contributed by atoms with van der Waals surface area (Å²) in [6, 6.07) is -0.655. The summed E-state index contributed by atoms with van der Waals surface area (Å²) < 4.78 is 31.0. The SMILES string of the molecule is C#CC(NS(=O)(=O)c1scnc1C(=O)OC)C(C)C. The van der Waals surface area contributed by atoms with Crippen molar-refractivity contribution in [1.29, 1.82) is 0 Å². The largest absolute Gasteiger partial charge is 0.464 e. The van der Waals surface area contributed by atoms with Gasteiger partial charge in [0.25, 0.3) is 10.0 Å². The summed E-state index contributed by atoms with van der Waals surface area (Å²) >= 11 is 0.833. The van der Waals surface area contributed by atoms with E-state index in [1.54, 1.807) is 13.8 Å². The van der Waals surface area contributed by atoms with Crippen molar-refractivity contribution in [3.63, 3.8) is 0 Å². The van der Waals surface area contributed by atoms with E-state index in [2.05, 4.69) is 20.4 Å². The molecule has 1 aromatic rings. The van der Waals surface area contributed by atoms with Crippen molar-refractivity contribution >= 4 is 27.3 Å². The first-order chi connectivity index (χ1) is 8.83. The molecule has 0 spiro atoms. The molecule has 0 radical (unpaired) electrons. The molecular formula is C11H14N2O4S2. The van der Waals surface area contributed by atoms with E-state index < -0.39 is 22.0 Å². The normalized spacial score (nSPS) is 13.0. The summed E-state index contributed by atoms with van der Waals surface area (Å²) in [7, 11) is -2.74. The van der Waals surface area contributed by atoms with E-state index in [1.807, 2.05) is 0 Å². The highest BCUT2D eigenvalue weighted by atomic mass is 32.2. The van der Waals surface area contributed by atoms with E-state index in [9.17, 15) is 13.2 Å². The number of nitrogens with zero attached hydrogens (tertiary/aromatic N) is 1. The summed E-state index contributed by atoms with van der Waals surface area (Å²) in [6.07, 6.45) is 5.28. The van der Waals surface area contributed by atoms with Gasteiger partial charge in [0.05, 0.1) is 18.7 Å². The number of hydrogen-bond donors (Lipinski definition) is 1. The average molecular weight is 302 g/mol. The molecule has 1 aromatic heterocycles.